The summed E-state index contributed by atoms with van der Waals surface area (Å²) in [4.78, 5) is 12.9. The molecule has 1 saturated heterocycles. The van der Waals surface area contributed by atoms with Gasteiger partial charge in [-0.2, -0.15) is 10.4 Å². The number of likely N-dealkylation sites (tertiary alicyclic amines) is 1. The molecule has 5 nitrogen and oxygen atoms in total. The Hall–Kier alpha value is -1.42. The normalized spacial score (nSPS) is 17.9. The summed E-state index contributed by atoms with van der Waals surface area (Å²) in [7, 11) is 1.70. The number of halogens is 2. The lowest BCUT2D eigenvalue weighted by atomic mass is 9.88. The molecule has 7 heteroatoms. The molecule has 1 fully saturated rings. The summed E-state index contributed by atoms with van der Waals surface area (Å²) in [5.41, 5.74) is -0.401. The highest BCUT2D eigenvalue weighted by molar-refractivity contribution is 9.10. The van der Waals surface area contributed by atoms with Crippen LogP contribution in [0.3, 0.4) is 0 Å². The highest BCUT2D eigenvalue weighted by Gasteiger charge is 2.37. The second-order valence-electron chi connectivity index (χ2n) is 5.18. The number of carbonyl (C=O) groups excluding carboxylic acids is 1. The quantitative estimate of drug-likeness (QED) is 0.825. The van der Waals surface area contributed by atoms with Gasteiger partial charge in [0.2, 0.25) is 5.91 Å². The molecule has 0 aliphatic carbocycles. The van der Waals surface area contributed by atoms with Crippen molar-refractivity contribution < 1.29 is 9.18 Å². The number of aryl methyl sites for hydroxylation is 1. The maximum atomic E-state index is 14.9. The van der Waals surface area contributed by atoms with E-state index in [9.17, 15) is 9.18 Å². The number of aromatic nitrogens is 2. The van der Waals surface area contributed by atoms with Gasteiger partial charge in [-0.05, 0) is 28.8 Å². The Morgan fingerprint density at radius 1 is 1.55 bits per heavy atom. The Bertz CT molecular complexity index is 570. The summed E-state index contributed by atoms with van der Waals surface area (Å²) in [6.45, 7) is 2.38. The number of alkyl halides is 1. The standard InChI is InChI=1S/C13H16BrFN4O/c1-9(20)19-5-3-13(15,4-6-19)7-11-12(14)10(8-16)17-18(11)2/h3-7H2,1-2H3. The summed E-state index contributed by atoms with van der Waals surface area (Å²) in [5.74, 6) is -0.0134. The topological polar surface area (TPSA) is 61.9 Å². The smallest absolute Gasteiger partial charge is 0.219 e. The summed E-state index contributed by atoms with van der Waals surface area (Å²) in [6, 6.07) is 1.97. The Kier molecular flexibility index (Phi) is 4.14. The molecule has 1 aliphatic rings. The fourth-order valence-electron chi connectivity index (χ4n) is 2.50. The van der Waals surface area contributed by atoms with Crippen LogP contribution in [0.4, 0.5) is 4.39 Å². The molecule has 0 saturated carbocycles. The number of nitrogens with zero attached hydrogens (tertiary/aromatic N) is 4. The van der Waals surface area contributed by atoms with E-state index in [-0.39, 0.29) is 18.0 Å². The summed E-state index contributed by atoms with van der Waals surface area (Å²) >= 11 is 3.31. The van der Waals surface area contributed by atoms with Crippen LogP contribution in [0, 0.1) is 11.3 Å². The van der Waals surface area contributed by atoms with Gasteiger partial charge in [-0.1, -0.05) is 0 Å². The lowest BCUT2D eigenvalue weighted by molar-refractivity contribution is -0.131. The first-order valence-electron chi connectivity index (χ1n) is 6.42. The van der Waals surface area contributed by atoms with Crippen LogP contribution in [0.2, 0.25) is 0 Å². The van der Waals surface area contributed by atoms with Crippen molar-refractivity contribution in [2.45, 2.75) is 31.9 Å². The third-order valence-corrected chi connectivity index (χ3v) is 4.63. The van der Waals surface area contributed by atoms with E-state index in [0.717, 1.165) is 0 Å². The largest absolute Gasteiger partial charge is 0.343 e. The molecular formula is C13H16BrFN4O. The predicted molar refractivity (Wildman–Crippen MR) is 74.7 cm³/mol. The molecular weight excluding hydrogens is 327 g/mol. The predicted octanol–water partition coefficient (Wildman–Crippen LogP) is 1.95. The number of nitriles is 1. The van der Waals surface area contributed by atoms with Crippen LogP contribution in [0.5, 0.6) is 0 Å². The number of carbonyl (C=O) groups is 1. The zero-order chi connectivity index (χ0) is 14.9. The van der Waals surface area contributed by atoms with E-state index in [4.69, 9.17) is 5.26 Å². The van der Waals surface area contributed by atoms with Crippen LogP contribution in [0.1, 0.15) is 31.2 Å². The lowest BCUT2D eigenvalue weighted by Crippen LogP contribution is -2.45. The Balaban J connectivity index is 2.13. The molecule has 1 aromatic rings. The van der Waals surface area contributed by atoms with Gasteiger partial charge in [0.25, 0.3) is 0 Å². The van der Waals surface area contributed by atoms with Gasteiger partial charge in [-0.15, -0.1) is 0 Å². The average Bonchev–Trinajstić information content (AvgIpc) is 2.66. The van der Waals surface area contributed by atoms with Crippen LogP contribution >= 0.6 is 15.9 Å². The van der Waals surface area contributed by atoms with Crippen molar-refractivity contribution >= 4 is 21.8 Å². The molecule has 0 unspecified atom stereocenters. The molecule has 108 valence electrons. The number of piperidine rings is 1. The monoisotopic (exact) mass is 342 g/mol. The van der Waals surface area contributed by atoms with Crippen molar-refractivity contribution in [2.75, 3.05) is 13.1 Å². The molecule has 0 bridgehead atoms. The summed E-state index contributed by atoms with van der Waals surface area (Å²) in [5, 5.41) is 13.0. The van der Waals surface area contributed by atoms with E-state index in [2.05, 4.69) is 21.0 Å². The maximum absolute atomic E-state index is 14.9. The van der Waals surface area contributed by atoms with Crippen molar-refractivity contribution in [3.63, 3.8) is 0 Å². The Labute approximate surface area is 125 Å². The maximum Gasteiger partial charge on any atom is 0.219 e. The number of rotatable bonds is 2. The van der Waals surface area contributed by atoms with E-state index in [0.29, 0.717) is 36.1 Å². The zero-order valence-electron chi connectivity index (χ0n) is 11.5. The van der Waals surface area contributed by atoms with E-state index < -0.39 is 5.67 Å². The molecule has 2 heterocycles. The first-order chi connectivity index (χ1) is 9.36. The molecule has 0 spiro atoms. The molecule has 0 atom stereocenters. The molecule has 2 rings (SSSR count). The average molecular weight is 343 g/mol. The third kappa shape index (κ3) is 2.85. The second kappa shape index (κ2) is 5.52. The van der Waals surface area contributed by atoms with Crippen LogP contribution in [-0.4, -0.2) is 39.3 Å². The van der Waals surface area contributed by atoms with Crippen molar-refractivity contribution in [3.05, 3.63) is 15.9 Å². The number of amides is 1. The van der Waals surface area contributed by atoms with Gasteiger partial charge in [-0.25, -0.2) is 4.39 Å². The van der Waals surface area contributed by atoms with Crippen LogP contribution in [0.25, 0.3) is 0 Å². The van der Waals surface area contributed by atoms with Gasteiger partial charge >= 0.3 is 0 Å². The number of hydrogen-bond donors (Lipinski definition) is 0. The SMILES string of the molecule is CC(=O)N1CCC(F)(Cc2c(Br)c(C#N)nn2C)CC1. The third-order valence-electron chi connectivity index (χ3n) is 3.80. The summed E-state index contributed by atoms with van der Waals surface area (Å²) < 4.78 is 17.0. The Morgan fingerprint density at radius 2 is 2.15 bits per heavy atom. The molecule has 1 aromatic heterocycles. The molecule has 20 heavy (non-hydrogen) atoms. The zero-order valence-corrected chi connectivity index (χ0v) is 13.1. The highest BCUT2D eigenvalue weighted by atomic mass is 79.9. The molecule has 0 radical (unpaired) electrons. The molecule has 0 aromatic carbocycles. The van der Waals surface area contributed by atoms with Crippen molar-refractivity contribution in [2.24, 2.45) is 7.05 Å². The molecule has 1 amide bonds. The second-order valence-corrected chi connectivity index (χ2v) is 5.97. The highest BCUT2D eigenvalue weighted by Crippen LogP contribution is 2.33. The minimum atomic E-state index is -1.35. The van der Waals surface area contributed by atoms with Crippen molar-refractivity contribution in [1.82, 2.24) is 14.7 Å². The molecule has 1 aliphatic heterocycles. The van der Waals surface area contributed by atoms with E-state index in [1.165, 1.54) is 6.92 Å². The van der Waals surface area contributed by atoms with E-state index >= 15 is 0 Å². The van der Waals surface area contributed by atoms with Crippen LogP contribution in [-0.2, 0) is 18.3 Å². The fraction of sp³-hybridized carbons (Fsp3) is 0.615. The van der Waals surface area contributed by atoms with Gasteiger partial charge in [0, 0.05) is 33.5 Å². The van der Waals surface area contributed by atoms with Gasteiger partial charge in [0.05, 0.1) is 10.2 Å². The van der Waals surface area contributed by atoms with Crippen molar-refractivity contribution in [1.29, 1.82) is 5.26 Å². The molecule has 0 N–H and O–H groups in total. The first kappa shape index (κ1) is 15.0. The fourth-order valence-corrected chi connectivity index (χ4v) is 3.06. The minimum absolute atomic E-state index is 0.0134. The van der Waals surface area contributed by atoms with E-state index in [1.54, 1.807) is 16.6 Å². The van der Waals surface area contributed by atoms with Crippen LogP contribution in [0.15, 0.2) is 4.47 Å². The minimum Gasteiger partial charge on any atom is -0.343 e. The Morgan fingerprint density at radius 3 is 2.60 bits per heavy atom. The van der Waals surface area contributed by atoms with Gasteiger partial charge in [-0.3, -0.25) is 9.48 Å². The van der Waals surface area contributed by atoms with Crippen LogP contribution < -0.4 is 0 Å². The van der Waals surface area contributed by atoms with Gasteiger partial charge in [0.1, 0.15) is 11.7 Å². The van der Waals surface area contributed by atoms with Crippen molar-refractivity contribution in [3.8, 4) is 6.07 Å². The van der Waals surface area contributed by atoms with Gasteiger partial charge in [0.15, 0.2) is 5.69 Å². The summed E-state index contributed by atoms with van der Waals surface area (Å²) in [6.07, 6.45) is 0.822. The lowest BCUT2D eigenvalue weighted by Gasteiger charge is -2.36. The van der Waals surface area contributed by atoms with E-state index in [1.807, 2.05) is 6.07 Å². The number of hydrogen-bond acceptors (Lipinski definition) is 3. The first-order valence-corrected chi connectivity index (χ1v) is 7.21. The van der Waals surface area contributed by atoms with Gasteiger partial charge < -0.3 is 4.90 Å².